The second-order valence-electron chi connectivity index (χ2n) is 15.9. The van der Waals surface area contributed by atoms with E-state index in [0.717, 1.165) is 48.5 Å². The quantitative estimate of drug-likeness (QED) is 0.110. The molecule has 0 amide bonds. The summed E-state index contributed by atoms with van der Waals surface area (Å²) in [6, 6.07) is 15.1. The summed E-state index contributed by atoms with van der Waals surface area (Å²) in [5, 5.41) is 155. The van der Waals surface area contributed by atoms with E-state index in [0.29, 0.717) is 0 Å². The number of hydrogen-bond acceptors (Lipinski definition) is 18. The molecule has 6 aromatic rings. The van der Waals surface area contributed by atoms with E-state index < -0.39 is 117 Å². The Hall–Kier alpha value is -7.80. The van der Waals surface area contributed by atoms with Crippen molar-refractivity contribution in [3.05, 3.63) is 123 Å². The number of benzene rings is 6. The van der Waals surface area contributed by atoms with Crippen LogP contribution in [0.25, 0.3) is 0 Å². The normalized spacial score (nSPS) is 25.2. The van der Waals surface area contributed by atoms with Crippen LogP contribution in [-0.2, 0) is 12.2 Å². The number of rotatable bonds is 4. The molecule has 0 radical (unpaired) electrons. The van der Waals surface area contributed by atoms with E-state index in [4.69, 9.17) is 18.9 Å². The van der Waals surface area contributed by atoms with Gasteiger partial charge < -0.3 is 90.4 Å². The van der Waals surface area contributed by atoms with Crippen LogP contribution in [0.5, 0.6) is 86.2 Å². The summed E-state index contributed by atoms with van der Waals surface area (Å²) in [6.07, 6.45) is -8.13. The van der Waals surface area contributed by atoms with E-state index in [1.54, 1.807) is 0 Å². The van der Waals surface area contributed by atoms with E-state index in [1.165, 1.54) is 30.3 Å². The lowest BCUT2D eigenvalue weighted by atomic mass is 9.71. The Morgan fingerprint density at radius 3 is 1.65 bits per heavy atom. The van der Waals surface area contributed by atoms with Crippen molar-refractivity contribution in [1.29, 1.82) is 0 Å². The van der Waals surface area contributed by atoms with Crippen LogP contribution >= 0.6 is 0 Å². The second kappa shape index (κ2) is 13.6. The molecule has 14 N–H and O–H groups in total. The van der Waals surface area contributed by atoms with Gasteiger partial charge in [0.25, 0.3) is 0 Å². The first-order valence-corrected chi connectivity index (χ1v) is 19.3. The average Bonchev–Trinajstić information content (AvgIpc) is 3.22. The smallest absolute Gasteiger partial charge is 0.305 e. The highest BCUT2D eigenvalue weighted by Gasteiger charge is 2.61. The first-order valence-electron chi connectivity index (χ1n) is 19.3. The van der Waals surface area contributed by atoms with Gasteiger partial charge >= 0.3 is 5.79 Å². The molecular formula is C45H36O18. The van der Waals surface area contributed by atoms with Crippen molar-refractivity contribution in [2.45, 2.75) is 54.6 Å². The zero-order chi connectivity index (χ0) is 44.5. The summed E-state index contributed by atoms with van der Waals surface area (Å²) in [5.41, 5.74) is -0.668. The van der Waals surface area contributed by atoms with Gasteiger partial charge in [0.05, 0.1) is 17.9 Å². The lowest BCUT2D eigenvalue weighted by molar-refractivity contribution is -0.219. The predicted octanol–water partition coefficient (Wildman–Crippen LogP) is 4.24. The summed E-state index contributed by atoms with van der Waals surface area (Å²) in [7, 11) is 0. The molecule has 0 unspecified atom stereocenters. The van der Waals surface area contributed by atoms with Crippen molar-refractivity contribution in [3.8, 4) is 86.2 Å². The predicted molar refractivity (Wildman–Crippen MR) is 212 cm³/mol. The number of phenolic OH excluding ortho intramolecular Hbond substituents is 11. The van der Waals surface area contributed by atoms with Gasteiger partial charge in [0, 0.05) is 64.1 Å². The fourth-order valence-corrected chi connectivity index (χ4v) is 9.31. The van der Waals surface area contributed by atoms with Gasteiger partial charge in [0.15, 0.2) is 40.6 Å². The minimum absolute atomic E-state index is 0.0325. The Labute approximate surface area is 354 Å². The molecule has 10 rings (SSSR count). The molecule has 63 heavy (non-hydrogen) atoms. The van der Waals surface area contributed by atoms with Crippen LogP contribution in [0.3, 0.4) is 0 Å². The summed E-state index contributed by atoms with van der Waals surface area (Å²) in [6.45, 7) is 0. The van der Waals surface area contributed by atoms with E-state index >= 15 is 0 Å². The lowest BCUT2D eigenvalue weighted by Crippen LogP contribution is -2.57. The van der Waals surface area contributed by atoms with Crippen molar-refractivity contribution < 1.29 is 90.4 Å². The molecule has 18 nitrogen and oxygen atoms in total. The number of ether oxygens (including phenoxy) is 4. The third-order valence-electron chi connectivity index (χ3n) is 12.2. The number of hydrogen-bond donors (Lipinski definition) is 14. The molecule has 4 aliphatic rings. The molecular weight excluding hydrogens is 828 g/mol. The Balaban J connectivity index is 1.20. The fraction of sp³-hybridized carbons (Fsp3) is 0.200. The van der Waals surface area contributed by atoms with Gasteiger partial charge in [-0.3, -0.25) is 0 Å². The van der Waals surface area contributed by atoms with E-state index in [9.17, 15) is 71.5 Å². The van der Waals surface area contributed by atoms with Crippen LogP contribution in [0.4, 0.5) is 0 Å². The van der Waals surface area contributed by atoms with Crippen LogP contribution in [-0.4, -0.2) is 89.8 Å². The lowest BCUT2D eigenvalue weighted by Gasteiger charge is -2.51. The minimum atomic E-state index is -2.31. The third-order valence-corrected chi connectivity index (χ3v) is 12.2. The highest BCUT2D eigenvalue weighted by Crippen LogP contribution is 2.65. The molecule has 6 aromatic carbocycles. The summed E-state index contributed by atoms with van der Waals surface area (Å²) >= 11 is 0. The maximum absolute atomic E-state index is 12.4. The average molecular weight is 865 g/mol. The number of phenols is 11. The number of aliphatic hydroxyl groups is 3. The van der Waals surface area contributed by atoms with Crippen LogP contribution in [0, 0.1) is 0 Å². The maximum Gasteiger partial charge on any atom is 0.305 e. The molecule has 0 spiro atoms. The Kier molecular flexibility index (Phi) is 8.49. The molecule has 0 aliphatic carbocycles. The van der Waals surface area contributed by atoms with Gasteiger partial charge in [-0.1, -0.05) is 12.1 Å². The van der Waals surface area contributed by atoms with Crippen LogP contribution in [0.15, 0.2) is 78.9 Å². The molecule has 0 aromatic heterocycles. The minimum Gasteiger partial charge on any atom is -0.508 e. The van der Waals surface area contributed by atoms with Crippen LogP contribution in [0.2, 0.25) is 0 Å². The van der Waals surface area contributed by atoms with Gasteiger partial charge in [-0.2, -0.15) is 0 Å². The highest BCUT2D eigenvalue weighted by molar-refractivity contribution is 5.72. The first-order chi connectivity index (χ1) is 30.0. The van der Waals surface area contributed by atoms with Crippen molar-refractivity contribution in [2.24, 2.45) is 0 Å². The van der Waals surface area contributed by atoms with E-state index in [2.05, 4.69) is 0 Å². The molecule has 324 valence electrons. The molecule has 4 heterocycles. The van der Waals surface area contributed by atoms with Gasteiger partial charge in [0.2, 0.25) is 0 Å². The monoisotopic (exact) mass is 864 g/mol. The third kappa shape index (κ3) is 5.68. The number of aromatic hydroxyl groups is 11. The van der Waals surface area contributed by atoms with Crippen molar-refractivity contribution in [3.63, 3.8) is 0 Å². The molecule has 8 atom stereocenters. The molecule has 4 aliphatic heterocycles. The molecule has 2 bridgehead atoms. The largest absolute Gasteiger partial charge is 0.508 e. The number of aliphatic hydroxyl groups excluding tert-OH is 3. The SMILES string of the molecule is Oc1cc(O)c2c(c1)O[C@@]1(c3ccc(O)c(O)c3)Oc3cc(O)c4c(c3[C@@H]2[C@H]1O)O[C@H](c1ccc(O)c(O)c1)[C@H](O)[C@H]4c1c(O)cc2c(c1O)C[C@H](O)[C@@H](c1ccc(O)c(O)c1)O2. The van der Waals surface area contributed by atoms with Crippen LogP contribution < -0.4 is 18.9 Å². The highest BCUT2D eigenvalue weighted by atomic mass is 16.7. The fourth-order valence-electron chi connectivity index (χ4n) is 9.31. The summed E-state index contributed by atoms with van der Waals surface area (Å²) < 4.78 is 25.2. The van der Waals surface area contributed by atoms with Crippen molar-refractivity contribution in [1.82, 2.24) is 0 Å². The second-order valence-corrected chi connectivity index (χ2v) is 15.9. The zero-order valence-electron chi connectivity index (χ0n) is 32.1. The van der Waals surface area contributed by atoms with Gasteiger partial charge in [-0.15, -0.1) is 0 Å². The Bertz CT molecular complexity index is 2910. The van der Waals surface area contributed by atoms with Gasteiger partial charge in [-0.05, 0) is 53.6 Å². The summed E-state index contributed by atoms with van der Waals surface area (Å²) in [5.74, 6) is -12.5. The molecule has 18 heteroatoms. The Morgan fingerprint density at radius 2 is 1.02 bits per heavy atom. The zero-order valence-corrected chi connectivity index (χ0v) is 32.1. The van der Waals surface area contributed by atoms with Gasteiger partial charge in [0.1, 0.15) is 70.1 Å². The first kappa shape index (κ1) is 39.3. The standard InChI is InChI=1S/C45H36O18/c46-18-10-26(53)33-31(11-18)62-45(17-3-6-22(49)25(52)9-17)44(59)38(33)36-32(63-45)14-28(55)35-37(40(58)42(61-43(35)36)16-2-5-21(48)24(51)8-16)34-27(54)13-30-19(39(34)57)12-29(56)41(60-30)15-1-4-20(47)23(50)7-15/h1-11,13-14,29,37-38,40-42,44,46-59H,12H2/t29-,37-,38+,40+,41+,42+,44+,45-/m0/s1. The topological polar surface area (TPSA) is 320 Å². The van der Waals surface area contributed by atoms with Crippen molar-refractivity contribution in [2.75, 3.05) is 0 Å². The van der Waals surface area contributed by atoms with Crippen molar-refractivity contribution >= 4 is 0 Å². The van der Waals surface area contributed by atoms with E-state index in [1.807, 2.05) is 0 Å². The van der Waals surface area contributed by atoms with Gasteiger partial charge in [-0.25, -0.2) is 0 Å². The van der Waals surface area contributed by atoms with E-state index in [-0.39, 0.29) is 68.4 Å². The van der Waals surface area contributed by atoms with Crippen LogP contribution in [0.1, 0.15) is 68.6 Å². The maximum atomic E-state index is 12.4. The Morgan fingerprint density at radius 1 is 0.460 bits per heavy atom. The molecule has 0 saturated carbocycles. The molecule has 0 fully saturated rings. The molecule has 0 saturated heterocycles. The number of fused-ring (bicyclic) bond motifs is 9. The summed E-state index contributed by atoms with van der Waals surface area (Å²) in [4.78, 5) is 0.